The molecular weight excluding hydrogens is 346 g/mol. The van der Waals surface area contributed by atoms with E-state index in [1.807, 2.05) is 36.2 Å². The van der Waals surface area contributed by atoms with Crippen LogP contribution in [0.5, 0.6) is 0 Å². The zero-order chi connectivity index (χ0) is 17.7. The minimum atomic E-state index is -1.10. The molecule has 0 saturated carbocycles. The SMILES string of the molecule is CN(CCC#N)c1ccc(C=C2SC(=S)N(CC(=O)O)C2=O)cc1. The number of amides is 1. The van der Waals surface area contributed by atoms with Gasteiger partial charge in [0.2, 0.25) is 0 Å². The molecule has 1 heterocycles. The molecule has 0 aromatic heterocycles. The predicted octanol–water partition coefficient (Wildman–Crippen LogP) is 2.32. The molecule has 1 aliphatic rings. The third-order valence-electron chi connectivity index (χ3n) is 3.36. The number of anilines is 1. The van der Waals surface area contributed by atoms with Gasteiger partial charge in [-0.25, -0.2) is 0 Å². The second-order valence-corrected chi connectivity index (χ2v) is 6.76. The number of carboxylic acid groups (broad SMARTS) is 1. The summed E-state index contributed by atoms with van der Waals surface area (Å²) in [5.74, 6) is -1.49. The number of rotatable bonds is 6. The van der Waals surface area contributed by atoms with Gasteiger partial charge in [0, 0.05) is 19.3 Å². The second kappa shape index (κ2) is 7.95. The highest BCUT2D eigenvalue weighted by molar-refractivity contribution is 8.26. The largest absolute Gasteiger partial charge is 0.480 e. The van der Waals surface area contributed by atoms with Crippen molar-refractivity contribution in [3.05, 3.63) is 34.7 Å². The summed E-state index contributed by atoms with van der Waals surface area (Å²) >= 11 is 6.15. The molecule has 6 nitrogen and oxygen atoms in total. The van der Waals surface area contributed by atoms with Gasteiger partial charge in [-0.15, -0.1) is 0 Å². The number of thioether (sulfide) groups is 1. The number of carbonyl (C=O) groups excluding carboxylic acids is 1. The molecule has 8 heteroatoms. The first-order valence-corrected chi connectivity index (χ1v) is 8.30. The van der Waals surface area contributed by atoms with E-state index < -0.39 is 12.5 Å². The van der Waals surface area contributed by atoms with Crippen LogP contribution in [-0.2, 0) is 9.59 Å². The van der Waals surface area contributed by atoms with Gasteiger partial charge in [-0.2, -0.15) is 5.26 Å². The number of nitrogens with zero attached hydrogens (tertiary/aromatic N) is 3. The normalized spacial score (nSPS) is 15.7. The minimum Gasteiger partial charge on any atom is -0.480 e. The molecule has 1 fully saturated rings. The Morgan fingerprint density at radius 2 is 2.12 bits per heavy atom. The Morgan fingerprint density at radius 1 is 1.46 bits per heavy atom. The van der Waals surface area contributed by atoms with Gasteiger partial charge in [0.15, 0.2) is 0 Å². The van der Waals surface area contributed by atoms with Gasteiger partial charge >= 0.3 is 5.97 Å². The van der Waals surface area contributed by atoms with Gasteiger partial charge in [-0.3, -0.25) is 14.5 Å². The Labute approximate surface area is 149 Å². The third kappa shape index (κ3) is 4.34. The van der Waals surface area contributed by atoms with Crippen molar-refractivity contribution < 1.29 is 14.7 Å². The van der Waals surface area contributed by atoms with Crippen LogP contribution in [0.15, 0.2) is 29.2 Å². The van der Waals surface area contributed by atoms with E-state index in [0.29, 0.717) is 17.9 Å². The Morgan fingerprint density at radius 3 is 2.71 bits per heavy atom. The molecule has 0 radical (unpaired) electrons. The number of nitriles is 1. The number of hydrogen-bond acceptors (Lipinski definition) is 6. The van der Waals surface area contributed by atoms with Crippen LogP contribution in [0, 0.1) is 11.3 Å². The van der Waals surface area contributed by atoms with Crippen LogP contribution in [0.25, 0.3) is 6.08 Å². The van der Waals surface area contributed by atoms with Crippen LogP contribution < -0.4 is 4.90 Å². The summed E-state index contributed by atoms with van der Waals surface area (Å²) in [5, 5.41) is 17.4. The van der Waals surface area contributed by atoms with Crippen molar-refractivity contribution in [2.45, 2.75) is 6.42 Å². The van der Waals surface area contributed by atoms with Gasteiger partial charge in [-0.05, 0) is 23.8 Å². The number of aliphatic carboxylic acids is 1. The van der Waals surface area contributed by atoms with Crippen LogP contribution in [0.3, 0.4) is 0 Å². The smallest absolute Gasteiger partial charge is 0.323 e. The van der Waals surface area contributed by atoms with Gasteiger partial charge in [0.1, 0.15) is 10.9 Å². The van der Waals surface area contributed by atoms with E-state index in [0.717, 1.165) is 27.9 Å². The lowest BCUT2D eigenvalue weighted by molar-refractivity contribution is -0.140. The molecule has 2 rings (SSSR count). The maximum absolute atomic E-state index is 12.2. The molecule has 0 aliphatic carbocycles. The quantitative estimate of drug-likeness (QED) is 0.615. The summed E-state index contributed by atoms with van der Waals surface area (Å²) in [7, 11) is 1.91. The molecule has 1 aliphatic heterocycles. The van der Waals surface area contributed by atoms with Crippen molar-refractivity contribution in [3.8, 4) is 6.07 Å². The topological polar surface area (TPSA) is 84.6 Å². The van der Waals surface area contributed by atoms with E-state index in [-0.39, 0.29) is 10.2 Å². The standard InChI is InChI=1S/C16H15N3O3S2/c1-18(8-2-7-17)12-5-3-11(4-6-12)9-13-15(22)19(10-14(20)21)16(23)24-13/h3-6,9H,2,8,10H2,1H3,(H,20,21). The minimum absolute atomic E-state index is 0.251. The second-order valence-electron chi connectivity index (χ2n) is 5.08. The molecule has 1 saturated heterocycles. The molecular formula is C16H15N3O3S2. The van der Waals surface area contributed by atoms with E-state index in [1.54, 1.807) is 6.08 Å². The highest BCUT2D eigenvalue weighted by Gasteiger charge is 2.33. The number of hydrogen-bond donors (Lipinski definition) is 1. The maximum Gasteiger partial charge on any atom is 0.323 e. The van der Waals surface area contributed by atoms with Gasteiger partial charge in [0.05, 0.1) is 17.4 Å². The summed E-state index contributed by atoms with van der Waals surface area (Å²) in [5.41, 5.74) is 1.80. The predicted molar refractivity (Wildman–Crippen MR) is 97.5 cm³/mol. The lowest BCUT2D eigenvalue weighted by Gasteiger charge is -2.17. The van der Waals surface area contributed by atoms with E-state index in [4.69, 9.17) is 22.6 Å². The fraction of sp³-hybridized carbons (Fsp3) is 0.250. The number of carbonyl (C=O) groups is 2. The van der Waals surface area contributed by atoms with Crippen LogP contribution in [0.2, 0.25) is 0 Å². The number of carboxylic acids is 1. The molecule has 0 unspecified atom stereocenters. The van der Waals surface area contributed by atoms with Crippen LogP contribution in [0.4, 0.5) is 5.69 Å². The van der Waals surface area contributed by atoms with Crippen LogP contribution in [-0.4, -0.2) is 46.3 Å². The molecule has 0 bridgehead atoms. The molecule has 1 N–H and O–H groups in total. The van der Waals surface area contributed by atoms with Crippen molar-refractivity contribution >= 4 is 51.9 Å². The fourth-order valence-corrected chi connectivity index (χ4v) is 3.35. The number of benzene rings is 1. The average Bonchev–Trinajstić information content (AvgIpc) is 2.80. The van der Waals surface area contributed by atoms with Crippen molar-refractivity contribution in [2.24, 2.45) is 0 Å². The van der Waals surface area contributed by atoms with Crippen LogP contribution in [0.1, 0.15) is 12.0 Å². The fourth-order valence-electron chi connectivity index (χ4n) is 2.09. The van der Waals surface area contributed by atoms with Crippen molar-refractivity contribution in [3.63, 3.8) is 0 Å². The maximum atomic E-state index is 12.2. The van der Waals surface area contributed by atoms with E-state index >= 15 is 0 Å². The first kappa shape index (κ1) is 18.0. The Balaban J connectivity index is 2.12. The van der Waals surface area contributed by atoms with Gasteiger partial charge in [-0.1, -0.05) is 36.1 Å². The third-order valence-corrected chi connectivity index (χ3v) is 4.74. The van der Waals surface area contributed by atoms with E-state index in [2.05, 4.69) is 6.07 Å². The van der Waals surface area contributed by atoms with Gasteiger partial charge < -0.3 is 10.0 Å². The van der Waals surface area contributed by atoms with E-state index in [9.17, 15) is 9.59 Å². The Hall–Kier alpha value is -2.37. The summed E-state index contributed by atoms with van der Waals surface area (Å²) in [6.07, 6.45) is 2.14. The zero-order valence-electron chi connectivity index (χ0n) is 12.9. The molecule has 0 spiro atoms. The summed E-state index contributed by atoms with van der Waals surface area (Å²) in [4.78, 5) is 26.4. The monoisotopic (exact) mass is 361 g/mol. The summed E-state index contributed by atoms with van der Waals surface area (Å²) < 4.78 is 0.251. The highest BCUT2D eigenvalue weighted by Crippen LogP contribution is 2.32. The zero-order valence-corrected chi connectivity index (χ0v) is 14.6. The van der Waals surface area contributed by atoms with E-state index in [1.165, 1.54) is 0 Å². The molecule has 1 amide bonds. The van der Waals surface area contributed by atoms with Crippen molar-refractivity contribution in [2.75, 3.05) is 25.0 Å². The van der Waals surface area contributed by atoms with Crippen molar-refractivity contribution in [1.82, 2.24) is 4.90 Å². The Kier molecular flexibility index (Phi) is 5.95. The van der Waals surface area contributed by atoms with Gasteiger partial charge in [0.25, 0.3) is 5.91 Å². The summed E-state index contributed by atoms with van der Waals surface area (Å²) in [6.45, 7) is 0.217. The molecule has 0 atom stereocenters. The Bertz CT molecular complexity index is 738. The lowest BCUT2D eigenvalue weighted by Crippen LogP contribution is -2.33. The first-order chi connectivity index (χ1) is 11.4. The molecule has 1 aromatic rings. The van der Waals surface area contributed by atoms with Crippen LogP contribution >= 0.6 is 24.0 Å². The lowest BCUT2D eigenvalue weighted by atomic mass is 10.1. The molecule has 1 aromatic carbocycles. The average molecular weight is 361 g/mol. The summed E-state index contributed by atoms with van der Waals surface area (Å²) in [6, 6.07) is 9.64. The first-order valence-electron chi connectivity index (χ1n) is 7.07. The number of thiocarbonyl (C=S) groups is 1. The molecule has 124 valence electrons. The highest BCUT2D eigenvalue weighted by atomic mass is 32.2. The van der Waals surface area contributed by atoms with Crippen molar-refractivity contribution in [1.29, 1.82) is 5.26 Å². The molecule has 24 heavy (non-hydrogen) atoms.